The number of carbonyl (C=O) groups is 2. The van der Waals surface area contributed by atoms with Gasteiger partial charge in [0.2, 0.25) is 0 Å². The lowest BCUT2D eigenvalue weighted by atomic mass is 9.78. The van der Waals surface area contributed by atoms with E-state index < -0.39 is 11.9 Å². The third-order valence-electron chi connectivity index (χ3n) is 12.1. The predicted octanol–water partition coefficient (Wildman–Crippen LogP) is 13.0. The topological polar surface area (TPSA) is 115 Å². The largest absolute Gasteiger partial charge is 0.507 e. The molecule has 4 fully saturated rings. The van der Waals surface area contributed by atoms with Crippen LogP contribution in [0.15, 0.2) is 48.2 Å². The molecule has 0 aromatic heterocycles. The zero-order chi connectivity index (χ0) is 38.0. The number of aromatic hydroxyl groups is 2. The molecule has 4 aliphatic carbocycles. The van der Waals surface area contributed by atoms with E-state index in [2.05, 4.69) is 37.4 Å². The number of rotatable bonds is 12. The number of carboxylic acid groups (broad SMARTS) is 2. The van der Waals surface area contributed by atoms with E-state index in [1.807, 2.05) is 0 Å². The highest BCUT2D eigenvalue weighted by Crippen LogP contribution is 2.46. The summed E-state index contributed by atoms with van der Waals surface area (Å²) in [6.07, 6.45) is 25.8. The summed E-state index contributed by atoms with van der Waals surface area (Å²) in [6.45, 7) is 6.88. The summed E-state index contributed by atoms with van der Waals surface area (Å²) < 4.78 is 0. The van der Waals surface area contributed by atoms with Crippen LogP contribution in [0.5, 0.6) is 11.5 Å². The molecule has 6 nitrogen and oxygen atoms in total. The Bertz CT molecular complexity index is 1270. The molecule has 0 unspecified atom stereocenters. The number of thioether (sulfide) groups is 1. The first kappa shape index (κ1) is 42.6. The maximum atomic E-state index is 11.0. The van der Waals surface area contributed by atoms with Crippen LogP contribution in [0.4, 0.5) is 0 Å². The number of hydrogen-bond donors (Lipinski definition) is 4. The van der Waals surface area contributed by atoms with Crippen LogP contribution >= 0.6 is 11.8 Å². The minimum Gasteiger partial charge on any atom is -0.507 e. The molecule has 0 heterocycles. The van der Waals surface area contributed by atoms with Crippen molar-refractivity contribution >= 4 is 23.7 Å². The molecule has 7 heteroatoms. The summed E-state index contributed by atoms with van der Waals surface area (Å²) in [7, 11) is 0. The summed E-state index contributed by atoms with van der Waals surface area (Å²) in [6, 6.07) is 8.39. The van der Waals surface area contributed by atoms with Gasteiger partial charge in [-0.05, 0) is 132 Å². The van der Waals surface area contributed by atoms with Gasteiger partial charge < -0.3 is 20.4 Å². The first-order valence-corrected chi connectivity index (χ1v) is 21.7. The fraction of sp³-hybridized carbons (Fsp3) is 0.609. The smallest absolute Gasteiger partial charge is 0.303 e. The number of hydrogen-bond acceptors (Lipinski definition) is 5. The fourth-order valence-corrected chi connectivity index (χ4v) is 9.38. The van der Waals surface area contributed by atoms with Crippen LogP contribution in [0.1, 0.15) is 198 Å². The second-order valence-corrected chi connectivity index (χ2v) is 16.8. The molecular formula is C46H66O6S. The average Bonchev–Trinajstić information content (AvgIpc) is 3.19. The quantitative estimate of drug-likeness (QED) is 0.171. The van der Waals surface area contributed by atoms with Gasteiger partial charge in [-0.15, -0.1) is 11.8 Å². The van der Waals surface area contributed by atoms with Crippen molar-refractivity contribution in [3.8, 4) is 11.5 Å². The number of phenols is 2. The van der Waals surface area contributed by atoms with E-state index in [9.17, 15) is 19.8 Å². The SMILES string of the molecule is C=CSC=C.O=C(O)CCc1cc(C2CCCCC2)c(O)c(C2CCCCC2)c1.O=C(O)CCc1cc(C2CCCCC2)c(O)c(C2CCCCC2)c1. The van der Waals surface area contributed by atoms with Crippen LogP contribution in [0.25, 0.3) is 0 Å². The van der Waals surface area contributed by atoms with E-state index in [-0.39, 0.29) is 12.8 Å². The average molecular weight is 747 g/mol. The highest BCUT2D eigenvalue weighted by atomic mass is 32.2. The van der Waals surface area contributed by atoms with Gasteiger partial charge in [0.15, 0.2) is 0 Å². The zero-order valence-electron chi connectivity index (χ0n) is 32.2. The molecule has 4 N–H and O–H groups in total. The van der Waals surface area contributed by atoms with Gasteiger partial charge in [-0.3, -0.25) is 9.59 Å². The van der Waals surface area contributed by atoms with E-state index in [4.69, 9.17) is 10.2 Å². The van der Waals surface area contributed by atoms with Gasteiger partial charge in [-0.1, -0.05) is 114 Å². The number of benzene rings is 2. The Hall–Kier alpha value is -3.19. The fourth-order valence-electron chi connectivity index (χ4n) is 9.25. The Balaban J connectivity index is 0.000000210. The molecule has 0 amide bonds. The molecule has 4 aliphatic rings. The highest BCUT2D eigenvalue weighted by molar-refractivity contribution is 8.04. The maximum Gasteiger partial charge on any atom is 0.303 e. The first-order valence-electron chi connectivity index (χ1n) is 20.7. The molecule has 2 aromatic rings. The molecule has 0 saturated heterocycles. The summed E-state index contributed by atoms with van der Waals surface area (Å²) >= 11 is 1.49. The van der Waals surface area contributed by atoms with Crippen molar-refractivity contribution in [1.82, 2.24) is 0 Å². The second-order valence-electron chi connectivity index (χ2n) is 15.8. The number of carboxylic acids is 2. The summed E-state index contributed by atoms with van der Waals surface area (Å²) in [5.41, 5.74) is 6.57. The standard InChI is InChI=1S/2C21H30O3.C4H6S/c2*22-20(23)12-11-15-13-18(16-7-3-1-4-8-16)21(24)19(14-15)17-9-5-2-6-10-17;1-3-5-4-2/h2*13-14,16-17,24H,1-12H2,(H,22,23);3-4H,1-2H2. The van der Waals surface area contributed by atoms with Gasteiger partial charge in [0.1, 0.15) is 11.5 Å². The van der Waals surface area contributed by atoms with Gasteiger partial charge in [0.25, 0.3) is 0 Å². The predicted molar refractivity (Wildman–Crippen MR) is 219 cm³/mol. The van der Waals surface area contributed by atoms with Crippen LogP contribution in [0.3, 0.4) is 0 Å². The van der Waals surface area contributed by atoms with Crippen LogP contribution in [-0.4, -0.2) is 32.4 Å². The van der Waals surface area contributed by atoms with E-state index in [1.165, 1.54) is 88.8 Å². The Labute approximate surface area is 323 Å². The van der Waals surface area contributed by atoms with Crippen molar-refractivity contribution < 1.29 is 30.0 Å². The van der Waals surface area contributed by atoms with Gasteiger partial charge >= 0.3 is 11.9 Å². The van der Waals surface area contributed by atoms with Crippen LogP contribution in [0, 0.1) is 0 Å². The van der Waals surface area contributed by atoms with Crippen molar-refractivity contribution in [2.75, 3.05) is 0 Å². The molecule has 0 aliphatic heterocycles. The minimum atomic E-state index is -0.749. The zero-order valence-corrected chi connectivity index (χ0v) is 33.0. The molecule has 53 heavy (non-hydrogen) atoms. The molecule has 292 valence electrons. The number of aliphatic carboxylic acids is 2. The van der Waals surface area contributed by atoms with Crippen molar-refractivity contribution in [1.29, 1.82) is 0 Å². The molecule has 6 rings (SSSR count). The number of phenolic OH excluding ortho intramolecular Hbond substituents is 2. The normalized spacial score (nSPS) is 18.9. The third kappa shape index (κ3) is 13.6. The van der Waals surface area contributed by atoms with Crippen molar-refractivity contribution in [3.05, 3.63) is 81.6 Å². The van der Waals surface area contributed by atoms with Crippen LogP contribution in [0.2, 0.25) is 0 Å². The first-order chi connectivity index (χ1) is 25.7. The maximum absolute atomic E-state index is 11.0. The van der Waals surface area contributed by atoms with Gasteiger partial charge in [0.05, 0.1) is 0 Å². The lowest BCUT2D eigenvalue weighted by Gasteiger charge is -2.28. The highest BCUT2D eigenvalue weighted by Gasteiger charge is 2.27. The lowest BCUT2D eigenvalue weighted by Crippen LogP contribution is -2.10. The van der Waals surface area contributed by atoms with Crippen molar-refractivity contribution in [2.45, 2.75) is 178 Å². The molecule has 0 atom stereocenters. The van der Waals surface area contributed by atoms with E-state index in [1.54, 1.807) is 10.8 Å². The van der Waals surface area contributed by atoms with Crippen LogP contribution in [-0.2, 0) is 22.4 Å². The van der Waals surface area contributed by atoms with Crippen molar-refractivity contribution in [3.63, 3.8) is 0 Å². The van der Waals surface area contributed by atoms with Gasteiger partial charge in [-0.25, -0.2) is 0 Å². The Morgan fingerprint density at radius 2 is 0.755 bits per heavy atom. The third-order valence-corrected chi connectivity index (χ3v) is 12.5. The molecular weight excluding hydrogens is 681 g/mol. The molecule has 0 spiro atoms. The molecule has 4 saturated carbocycles. The Morgan fingerprint density at radius 3 is 0.943 bits per heavy atom. The van der Waals surface area contributed by atoms with E-state index >= 15 is 0 Å². The molecule has 0 radical (unpaired) electrons. The van der Waals surface area contributed by atoms with E-state index in [0.29, 0.717) is 48.0 Å². The number of aryl methyl sites for hydroxylation is 2. The summed E-state index contributed by atoms with van der Waals surface area (Å²) in [5.74, 6) is 1.34. The van der Waals surface area contributed by atoms with Crippen molar-refractivity contribution in [2.24, 2.45) is 0 Å². The summed E-state index contributed by atoms with van der Waals surface area (Å²) in [5, 5.41) is 43.4. The van der Waals surface area contributed by atoms with Crippen LogP contribution < -0.4 is 0 Å². The van der Waals surface area contributed by atoms with Gasteiger partial charge in [-0.2, -0.15) is 0 Å². The summed E-state index contributed by atoms with van der Waals surface area (Å²) in [4.78, 5) is 21.9. The minimum absolute atomic E-state index is 0.166. The van der Waals surface area contributed by atoms with Gasteiger partial charge in [0, 0.05) is 12.8 Å². The van der Waals surface area contributed by atoms with E-state index in [0.717, 1.165) is 84.7 Å². The lowest BCUT2D eigenvalue weighted by molar-refractivity contribution is -0.138. The Morgan fingerprint density at radius 1 is 0.509 bits per heavy atom. The monoisotopic (exact) mass is 746 g/mol. The molecule has 0 bridgehead atoms. The Kier molecular flexibility index (Phi) is 18.4. The second kappa shape index (κ2) is 22.9. The molecule has 2 aromatic carbocycles.